The number of carbonyl (C=O) groups is 1. The van der Waals surface area contributed by atoms with E-state index in [-0.39, 0.29) is 23.2 Å². The van der Waals surface area contributed by atoms with E-state index in [0.717, 1.165) is 5.56 Å². The molecule has 7 nitrogen and oxygen atoms in total. The quantitative estimate of drug-likeness (QED) is 0.677. The number of nitrogens with one attached hydrogen (secondary N) is 1. The van der Waals surface area contributed by atoms with Crippen LogP contribution in [0, 0.1) is 10.1 Å². The van der Waals surface area contributed by atoms with Crippen LogP contribution in [0.25, 0.3) is 0 Å². The van der Waals surface area contributed by atoms with Crippen LogP contribution >= 0.6 is 0 Å². The largest absolute Gasteiger partial charge is 0.383 e. The first kappa shape index (κ1) is 16.4. The molecule has 1 heterocycles. The third-order valence-electron chi connectivity index (χ3n) is 3.80. The number of carbonyl (C=O) groups excluding carboxylic acids is 1. The lowest BCUT2D eigenvalue weighted by Gasteiger charge is -2.25. The van der Waals surface area contributed by atoms with E-state index in [1.54, 1.807) is 37.5 Å². The summed E-state index contributed by atoms with van der Waals surface area (Å²) in [4.78, 5) is 28.7. The predicted molar refractivity (Wildman–Crippen MR) is 87.4 cm³/mol. The molecule has 0 saturated heterocycles. The third kappa shape index (κ3) is 3.45. The zero-order chi connectivity index (χ0) is 17.0. The number of nitrogens with zero attached hydrogens (tertiary/aromatic N) is 3. The zero-order valence-electron chi connectivity index (χ0n) is 13.2. The van der Waals surface area contributed by atoms with Crippen molar-refractivity contribution >= 4 is 17.3 Å². The fourth-order valence-electron chi connectivity index (χ4n) is 2.27. The molecule has 1 atom stereocenters. The van der Waals surface area contributed by atoms with E-state index in [1.807, 2.05) is 19.1 Å². The summed E-state index contributed by atoms with van der Waals surface area (Å²) >= 11 is 0. The Bertz CT molecular complexity index is 719. The molecule has 0 fully saturated rings. The minimum Gasteiger partial charge on any atom is -0.383 e. The van der Waals surface area contributed by atoms with Crippen molar-refractivity contribution in [1.29, 1.82) is 0 Å². The molecule has 0 aliphatic heterocycles. The number of amides is 1. The van der Waals surface area contributed by atoms with Gasteiger partial charge in [-0.15, -0.1) is 0 Å². The Hall–Kier alpha value is -2.96. The van der Waals surface area contributed by atoms with E-state index >= 15 is 0 Å². The predicted octanol–water partition coefficient (Wildman–Crippen LogP) is 2.86. The average molecular weight is 314 g/mol. The molecule has 2 aromatic rings. The summed E-state index contributed by atoms with van der Waals surface area (Å²) in [6.07, 6.45) is 3.33. The third-order valence-corrected chi connectivity index (χ3v) is 3.80. The minimum absolute atomic E-state index is 0.122. The van der Waals surface area contributed by atoms with Crippen LogP contribution in [0.15, 0.2) is 42.7 Å². The first-order chi connectivity index (χ1) is 11.0. The maximum Gasteiger partial charge on any atom is 0.293 e. The number of anilines is 1. The van der Waals surface area contributed by atoms with Crippen LogP contribution in [0.5, 0.6) is 0 Å². The van der Waals surface area contributed by atoms with Crippen LogP contribution in [-0.4, -0.2) is 34.8 Å². The summed E-state index contributed by atoms with van der Waals surface area (Å²) in [5, 5.41) is 13.9. The van der Waals surface area contributed by atoms with Gasteiger partial charge in [0.1, 0.15) is 5.69 Å². The summed E-state index contributed by atoms with van der Waals surface area (Å²) in [6, 6.07) is 7.91. The van der Waals surface area contributed by atoms with Gasteiger partial charge in [-0.1, -0.05) is 0 Å². The second-order valence-corrected chi connectivity index (χ2v) is 5.11. The normalized spacial score (nSPS) is 11.6. The number of hydrogen-bond acceptors (Lipinski definition) is 5. The van der Waals surface area contributed by atoms with Crippen molar-refractivity contribution in [2.24, 2.45) is 0 Å². The van der Waals surface area contributed by atoms with E-state index in [4.69, 9.17) is 0 Å². The van der Waals surface area contributed by atoms with Crippen LogP contribution in [0.3, 0.4) is 0 Å². The number of nitro groups is 1. The topological polar surface area (TPSA) is 88.4 Å². The second kappa shape index (κ2) is 6.87. The van der Waals surface area contributed by atoms with E-state index in [0.29, 0.717) is 5.69 Å². The fraction of sp³-hybridized carbons (Fsp3) is 0.250. The van der Waals surface area contributed by atoms with Gasteiger partial charge < -0.3 is 10.2 Å². The molecule has 23 heavy (non-hydrogen) atoms. The highest BCUT2D eigenvalue weighted by molar-refractivity contribution is 5.95. The summed E-state index contributed by atoms with van der Waals surface area (Å²) in [5.74, 6) is -0.278. The lowest BCUT2D eigenvalue weighted by molar-refractivity contribution is -0.384. The van der Waals surface area contributed by atoms with Crippen LogP contribution < -0.4 is 5.32 Å². The van der Waals surface area contributed by atoms with Crippen LogP contribution in [0.1, 0.15) is 28.9 Å². The maximum atomic E-state index is 12.6. The molecule has 0 bridgehead atoms. The van der Waals surface area contributed by atoms with Gasteiger partial charge in [0.25, 0.3) is 11.6 Å². The van der Waals surface area contributed by atoms with Gasteiger partial charge >= 0.3 is 0 Å². The number of benzene rings is 1. The monoisotopic (exact) mass is 314 g/mol. The Kier molecular flexibility index (Phi) is 4.90. The highest BCUT2D eigenvalue weighted by atomic mass is 16.6. The molecule has 0 aliphatic carbocycles. The van der Waals surface area contributed by atoms with Crippen molar-refractivity contribution in [2.45, 2.75) is 13.0 Å². The first-order valence-electron chi connectivity index (χ1n) is 7.09. The van der Waals surface area contributed by atoms with E-state index in [1.165, 1.54) is 12.1 Å². The molecule has 1 N–H and O–H groups in total. The van der Waals surface area contributed by atoms with Crippen molar-refractivity contribution in [3.8, 4) is 0 Å². The van der Waals surface area contributed by atoms with E-state index in [2.05, 4.69) is 10.3 Å². The first-order valence-corrected chi connectivity index (χ1v) is 7.09. The Morgan fingerprint density at radius 2 is 1.96 bits per heavy atom. The van der Waals surface area contributed by atoms with Gasteiger partial charge in [0.2, 0.25) is 0 Å². The summed E-state index contributed by atoms with van der Waals surface area (Å²) < 4.78 is 0. The van der Waals surface area contributed by atoms with Gasteiger partial charge in [-0.3, -0.25) is 19.9 Å². The molecule has 1 aromatic heterocycles. The Morgan fingerprint density at radius 3 is 2.52 bits per heavy atom. The molecule has 1 unspecified atom stereocenters. The Balaban J connectivity index is 2.29. The van der Waals surface area contributed by atoms with E-state index < -0.39 is 4.92 Å². The minimum atomic E-state index is -0.505. The highest BCUT2D eigenvalue weighted by Crippen LogP contribution is 2.27. The second-order valence-electron chi connectivity index (χ2n) is 5.11. The van der Waals surface area contributed by atoms with Crippen molar-refractivity contribution in [2.75, 3.05) is 19.4 Å². The van der Waals surface area contributed by atoms with Gasteiger partial charge in [0.15, 0.2) is 0 Å². The van der Waals surface area contributed by atoms with Crippen molar-refractivity contribution < 1.29 is 9.72 Å². The summed E-state index contributed by atoms with van der Waals surface area (Å²) in [7, 11) is 3.27. The molecular formula is C16H18N4O3. The van der Waals surface area contributed by atoms with Gasteiger partial charge in [-0.25, -0.2) is 0 Å². The lowest BCUT2D eigenvalue weighted by atomic mass is 10.1. The molecule has 0 saturated carbocycles. The average Bonchev–Trinajstić information content (AvgIpc) is 2.59. The lowest BCUT2D eigenvalue weighted by Crippen LogP contribution is -2.29. The van der Waals surface area contributed by atoms with Gasteiger partial charge in [-0.2, -0.15) is 0 Å². The number of aromatic nitrogens is 1. The van der Waals surface area contributed by atoms with Crippen molar-refractivity contribution in [1.82, 2.24) is 9.88 Å². The summed E-state index contributed by atoms with van der Waals surface area (Å²) in [5.41, 5.74) is 1.47. The maximum absolute atomic E-state index is 12.6. The van der Waals surface area contributed by atoms with Crippen molar-refractivity contribution in [3.63, 3.8) is 0 Å². The zero-order valence-corrected chi connectivity index (χ0v) is 13.2. The number of pyridine rings is 1. The van der Waals surface area contributed by atoms with Crippen LogP contribution in [0.2, 0.25) is 0 Å². The smallest absolute Gasteiger partial charge is 0.293 e. The molecule has 0 aliphatic rings. The molecule has 1 aromatic carbocycles. The number of hydrogen-bond donors (Lipinski definition) is 1. The van der Waals surface area contributed by atoms with Gasteiger partial charge in [0, 0.05) is 38.1 Å². The SMILES string of the molecule is CNc1ccc(C(=O)N(C)C(C)c2ccncc2)cc1[N+](=O)[O-]. The Morgan fingerprint density at radius 1 is 1.30 bits per heavy atom. The number of nitro benzene ring substituents is 1. The fourth-order valence-corrected chi connectivity index (χ4v) is 2.27. The molecule has 120 valence electrons. The van der Waals surface area contributed by atoms with E-state index in [9.17, 15) is 14.9 Å². The Labute approximate surface area is 134 Å². The molecule has 0 radical (unpaired) electrons. The summed E-state index contributed by atoms with van der Waals surface area (Å²) in [6.45, 7) is 1.89. The highest BCUT2D eigenvalue weighted by Gasteiger charge is 2.22. The molecule has 0 spiro atoms. The molecular weight excluding hydrogens is 296 g/mol. The molecule has 1 amide bonds. The molecule has 2 rings (SSSR count). The van der Waals surface area contributed by atoms with Crippen LogP contribution in [-0.2, 0) is 0 Å². The van der Waals surface area contributed by atoms with Crippen LogP contribution in [0.4, 0.5) is 11.4 Å². The van der Waals surface area contributed by atoms with Gasteiger partial charge in [-0.05, 0) is 36.8 Å². The number of rotatable bonds is 5. The van der Waals surface area contributed by atoms with Gasteiger partial charge in [0.05, 0.1) is 11.0 Å². The standard InChI is InChI=1S/C16H18N4O3/c1-11(12-6-8-18-9-7-12)19(3)16(21)13-4-5-14(17-2)15(10-13)20(22)23/h4-11,17H,1-3H3. The van der Waals surface area contributed by atoms with Crippen molar-refractivity contribution in [3.05, 3.63) is 64.0 Å². The molecule has 7 heteroatoms.